The van der Waals surface area contributed by atoms with Gasteiger partial charge in [-0.2, -0.15) is 0 Å². The van der Waals surface area contributed by atoms with Crippen LogP contribution in [0, 0.1) is 5.82 Å². The highest BCUT2D eigenvalue weighted by Gasteiger charge is 2.34. The molecular formula is C17H15FN4O4. The molecule has 0 saturated carbocycles. The van der Waals surface area contributed by atoms with Gasteiger partial charge in [0, 0.05) is 24.1 Å². The smallest absolute Gasteiger partial charge is 0.322 e. The molecule has 1 unspecified atom stereocenters. The number of nitrogens with one attached hydrogen (secondary N) is 2. The van der Waals surface area contributed by atoms with Crippen LogP contribution < -0.4 is 10.6 Å². The molecule has 8 nitrogen and oxygen atoms in total. The Hall–Kier alpha value is -3.23. The third-order valence-corrected chi connectivity index (χ3v) is 4.52. The number of imide groups is 1. The molecule has 0 bridgehead atoms. The number of halogens is 1. The second-order valence-electron chi connectivity index (χ2n) is 6.23. The lowest BCUT2D eigenvalue weighted by molar-refractivity contribution is -0.134. The molecule has 1 fully saturated rings. The molecular weight excluding hydrogens is 343 g/mol. The molecule has 26 heavy (non-hydrogen) atoms. The van der Waals surface area contributed by atoms with Gasteiger partial charge in [0.15, 0.2) is 0 Å². The first-order valence-corrected chi connectivity index (χ1v) is 8.14. The van der Waals surface area contributed by atoms with Gasteiger partial charge in [0.05, 0.1) is 13.0 Å². The van der Waals surface area contributed by atoms with Crippen LogP contribution >= 0.6 is 0 Å². The third-order valence-electron chi connectivity index (χ3n) is 4.52. The van der Waals surface area contributed by atoms with E-state index in [4.69, 9.17) is 4.52 Å². The number of nitrogens with zero attached hydrogens (tertiary/aromatic N) is 2. The van der Waals surface area contributed by atoms with Crippen molar-refractivity contribution in [3.8, 4) is 11.3 Å². The maximum absolute atomic E-state index is 13.5. The Balaban J connectivity index is 1.52. The van der Waals surface area contributed by atoms with Crippen molar-refractivity contribution in [2.45, 2.75) is 25.4 Å². The van der Waals surface area contributed by atoms with Gasteiger partial charge in [-0.25, -0.2) is 9.18 Å². The van der Waals surface area contributed by atoms with Crippen molar-refractivity contribution in [1.82, 2.24) is 20.7 Å². The first-order valence-electron chi connectivity index (χ1n) is 8.14. The van der Waals surface area contributed by atoms with E-state index in [2.05, 4.69) is 15.8 Å². The summed E-state index contributed by atoms with van der Waals surface area (Å²) >= 11 is 0. The van der Waals surface area contributed by atoms with Gasteiger partial charge in [-0.3, -0.25) is 14.9 Å². The van der Waals surface area contributed by atoms with E-state index in [1.54, 1.807) is 17.0 Å². The quantitative estimate of drug-likeness (QED) is 0.796. The molecule has 0 aliphatic carbocycles. The fraction of sp³-hybridized carbons (Fsp3) is 0.294. The van der Waals surface area contributed by atoms with Crippen molar-refractivity contribution >= 4 is 17.8 Å². The minimum Gasteiger partial charge on any atom is -0.360 e. The number of rotatable bonds is 3. The molecule has 4 rings (SSSR count). The van der Waals surface area contributed by atoms with Crippen LogP contribution in [0.25, 0.3) is 11.3 Å². The van der Waals surface area contributed by atoms with Crippen molar-refractivity contribution < 1.29 is 23.3 Å². The molecule has 134 valence electrons. The van der Waals surface area contributed by atoms with E-state index in [1.807, 2.05) is 0 Å². The maximum atomic E-state index is 13.5. The average Bonchev–Trinajstić information content (AvgIpc) is 3.17. The SMILES string of the molecule is O=C1NC(=O)C(CC(=O)N2CCc3onc(-c4cccc(F)c4)c3C2)N1. The lowest BCUT2D eigenvalue weighted by atomic mass is 10.0. The van der Waals surface area contributed by atoms with Crippen LogP contribution in [0.3, 0.4) is 0 Å². The molecule has 0 radical (unpaired) electrons. The van der Waals surface area contributed by atoms with Crippen LogP contribution in [0.5, 0.6) is 0 Å². The van der Waals surface area contributed by atoms with Crippen molar-refractivity contribution in [3.63, 3.8) is 0 Å². The highest BCUT2D eigenvalue weighted by Crippen LogP contribution is 2.30. The number of benzene rings is 1. The van der Waals surface area contributed by atoms with Gasteiger partial charge in [0.25, 0.3) is 5.91 Å². The molecule has 2 aromatic rings. The van der Waals surface area contributed by atoms with Crippen LogP contribution in [0.1, 0.15) is 17.7 Å². The van der Waals surface area contributed by atoms with Crippen LogP contribution in [0.4, 0.5) is 9.18 Å². The van der Waals surface area contributed by atoms with Crippen LogP contribution in [-0.4, -0.2) is 40.5 Å². The summed E-state index contributed by atoms with van der Waals surface area (Å²) in [6, 6.07) is 4.55. The number of hydrogen-bond donors (Lipinski definition) is 2. The summed E-state index contributed by atoms with van der Waals surface area (Å²) in [7, 11) is 0. The summed E-state index contributed by atoms with van der Waals surface area (Å²) in [5.41, 5.74) is 1.81. The first kappa shape index (κ1) is 16.2. The molecule has 2 N–H and O–H groups in total. The lowest BCUT2D eigenvalue weighted by Gasteiger charge is -2.27. The summed E-state index contributed by atoms with van der Waals surface area (Å²) < 4.78 is 18.8. The van der Waals surface area contributed by atoms with Crippen LogP contribution in [0.15, 0.2) is 28.8 Å². The summed E-state index contributed by atoms with van der Waals surface area (Å²) in [6.07, 6.45) is 0.361. The van der Waals surface area contributed by atoms with E-state index in [0.717, 1.165) is 5.56 Å². The molecule has 0 spiro atoms. The fourth-order valence-corrected chi connectivity index (χ4v) is 3.19. The Bertz CT molecular complexity index is 910. The van der Waals surface area contributed by atoms with Crippen LogP contribution in [-0.2, 0) is 22.6 Å². The van der Waals surface area contributed by atoms with E-state index in [1.165, 1.54) is 12.1 Å². The van der Waals surface area contributed by atoms with Crippen molar-refractivity contribution in [2.24, 2.45) is 0 Å². The Labute approximate surface area is 147 Å². The Morgan fingerprint density at radius 3 is 2.96 bits per heavy atom. The molecule has 1 atom stereocenters. The number of amides is 4. The molecule has 1 aromatic carbocycles. The fourth-order valence-electron chi connectivity index (χ4n) is 3.19. The number of carbonyl (C=O) groups is 3. The van der Waals surface area contributed by atoms with Crippen molar-refractivity contribution in [3.05, 3.63) is 41.4 Å². The Kier molecular flexibility index (Phi) is 3.90. The number of hydrogen-bond acceptors (Lipinski definition) is 5. The zero-order chi connectivity index (χ0) is 18.3. The normalized spacial score (nSPS) is 19.1. The molecule has 2 aliphatic rings. The van der Waals surface area contributed by atoms with Gasteiger partial charge in [-0.05, 0) is 12.1 Å². The molecule has 3 heterocycles. The summed E-state index contributed by atoms with van der Waals surface area (Å²) in [6.45, 7) is 0.678. The monoisotopic (exact) mass is 358 g/mol. The zero-order valence-electron chi connectivity index (χ0n) is 13.6. The number of aromatic nitrogens is 1. The molecule has 1 aromatic heterocycles. The van der Waals surface area contributed by atoms with Gasteiger partial charge >= 0.3 is 6.03 Å². The number of fused-ring (bicyclic) bond motifs is 1. The predicted octanol–water partition coefficient (Wildman–Crippen LogP) is 0.964. The van der Waals surface area contributed by atoms with Gasteiger partial charge in [-0.15, -0.1) is 0 Å². The minimum absolute atomic E-state index is 0.118. The average molecular weight is 358 g/mol. The molecule has 1 saturated heterocycles. The predicted molar refractivity (Wildman–Crippen MR) is 86.1 cm³/mol. The minimum atomic E-state index is -0.860. The van der Waals surface area contributed by atoms with E-state index >= 15 is 0 Å². The first-order chi connectivity index (χ1) is 12.5. The number of carbonyl (C=O) groups excluding carboxylic acids is 3. The molecule has 4 amide bonds. The van der Waals surface area contributed by atoms with Gasteiger partial charge in [-0.1, -0.05) is 17.3 Å². The Morgan fingerprint density at radius 1 is 1.38 bits per heavy atom. The zero-order valence-corrected chi connectivity index (χ0v) is 13.6. The largest absolute Gasteiger partial charge is 0.360 e. The second-order valence-corrected chi connectivity index (χ2v) is 6.23. The summed E-state index contributed by atoms with van der Waals surface area (Å²) in [4.78, 5) is 36.9. The van der Waals surface area contributed by atoms with Crippen molar-refractivity contribution in [1.29, 1.82) is 0 Å². The maximum Gasteiger partial charge on any atom is 0.322 e. The second kappa shape index (κ2) is 6.25. The van der Waals surface area contributed by atoms with E-state index < -0.39 is 18.0 Å². The van der Waals surface area contributed by atoms with E-state index in [-0.39, 0.29) is 24.7 Å². The number of urea groups is 1. The molecule has 9 heteroatoms. The van der Waals surface area contributed by atoms with E-state index in [0.29, 0.717) is 30.0 Å². The topological polar surface area (TPSA) is 105 Å². The van der Waals surface area contributed by atoms with Gasteiger partial charge in [0.2, 0.25) is 5.91 Å². The highest BCUT2D eigenvalue weighted by molar-refractivity contribution is 6.05. The summed E-state index contributed by atoms with van der Waals surface area (Å²) in [5.74, 6) is -0.484. The van der Waals surface area contributed by atoms with Gasteiger partial charge < -0.3 is 14.7 Å². The van der Waals surface area contributed by atoms with E-state index in [9.17, 15) is 18.8 Å². The Morgan fingerprint density at radius 2 is 2.23 bits per heavy atom. The van der Waals surface area contributed by atoms with Crippen LogP contribution in [0.2, 0.25) is 0 Å². The van der Waals surface area contributed by atoms with Crippen molar-refractivity contribution in [2.75, 3.05) is 6.54 Å². The molecule has 2 aliphatic heterocycles. The summed E-state index contributed by atoms with van der Waals surface area (Å²) in [5, 5.41) is 8.54. The highest BCUT2D eigenvalue weighted by atomic mass is 19.1. The third kappa shape index (κ3) is 2.92. The lowest BCUT2D eigenvalue weighted by Crippen LogP contribution is -2.41. The standard InChI is InChI=1S/C17H15FN4O4/c18-10-3-1-2-9(6-10)15-11-8-22(5-4-13(11)26-21-15)14(23)7-12-16(24)20-17(25)19-12/h1-3,6,12H,4-5,7-8H2,(H2,19,20,24,25). The van der Waals surface area contributed by atoms with Gasteiger partial charge in [0.1, 0.15) is 23.3 Å².